The van der Waals surface area contributed by atoms with E-state index in [1.54, 1.807) is 18.6 Å². The molecule has 0 unspecified atom stereocenters. The molecule has 0 spiro atoms. The molecule has 2 saturated heterocycles. The second-order valence-corrected chi connectivity index (χ2v) is 7.26. The fraction of sp³-hybridized carbons (Fsp3) is 0.500. The van der Waals surface area contributed by atoms with Gasteiger partial charge in [-0.1, -0.05) is 0 Å². The highest BCUT2D eigenvalue weighted by Crippen LogP contribution is 2.16. The van der Waals surface area contributed by atoms with Crippen molar-refractivity contribution in [3.05, 3.63) is 42.4 Å². The van der Waals surface area contributed by atoms with E-state index < -0.39 is 0 Å². The minimum atomic E-state index is -0.135. The number of rotatable bonds is 5. The van der Waals surface area contributed by atoms with Gasteiger partial charge in [0.1, 0.15) is 5.82 Å². The predicted molar refractivity (Wildman–Crippen MR) is 110 cm³/mol. The molecule has 154 valence electrons. The van der Waals surface area contributed by atoms with E-state index in [2.05, 4.69) is 35.4 Å². The number of ether oxygens (including phenoxy) is 1. The maximum atomic E-state index is 12.3. The van der Waals surface area contributed by atoms with Crippen LogP contribution in [0.2, 0.25) is 0 Å². The molecule has 4 heterocycles. The van der Waals surface area contributed by atoms with Gasteiger partial charge in [-0.05, 0) is 36.6 Å². The zero-order valence-electron chi connectivity index (χ0n) is 16.5. The van der Waals surface area contributed by atoms with Gasteiger partial charge in [0.25, 0.3) is 0 Å². The van der Waals surface area contributed by atoms with Crippen LogP contribution in [0, 0.1) is 0 Å². The maximum Gasteiger partial charge on any atom is 0.315 e. The van der Waals surface area contributed by atoms with Gasteiger partial charge < -0.3 is 25.2 Å². The summed E-state index contributed by atoms with van der Waals surface area (Å²) in [6.45, 7) is 5.28. The third-order valence-electron chi connectivity index (χ3n) is 5.26. The second-order valence-electron chi connectivity index (χ2n) is 7.26. The fourth-order valence-electron chi connectivity index (χ4n) is 3.63. The Morgan fingerprint density at radius 3 is 2.55 bits per heavy atom. The van der Waals surface area contributed by atoms with E-state index in [1.807, 2.05) is 18.2 Å². The molecule has 29 heavy (non-hydrogen) atoms. The van der Waals surface area contributed by atoms with E-state index in [9.17, 15) is 4.79 Å². The third kappa shape index (κ3) is 5.32. The van der Waals surface area contributed by atoms with Crippen molar-refractivity contribution >= 4 is 17.8 Å². The number of hydrogen-bond donors (Lipinski definition) is 2. The average molecular weight is 397 g/mol. The number of morpholine rings is 1. The van der Waals surface area contributed by atoms with Gasteiger partial charge in [-0.25, -0.2) is 19.7 Å². The minimum absolute atomic E-state index is 0.135. The van der Waals surface area contributed by atoms with Crippen LogP contribution < -0.4 is 20.4 Å². The molecule has 9 nitrogen and oxygen atoms in total. The van der Waals surface area contributed by atoms with E-state index in [0.29, 0.717) is 6.54 Å². The van der Waals surface area contributed by atoms with Crippen molar-refractivity contribution in [2.45, 2.75) is 25.4 Å². The number of amides is 2. The van der Waals surface area contributed by atoms with Crippen LogP contribution in [0.25, 0.3) is 0 Å². The second kappa shape index (κ2) is 9.51. The lowest BCUT2D eigenvalue weighted by molar-refractivity contribution is 0.122. The first kappa shape index (κ1) is 19.4. The molecule has 0 atom stereocenters. The summed E-state index contributed by atoms with van der Waals surface area (Å²) in [6, 6.07) is 5.81. The van der Waals surface area contributed by atoms with Crippen molar-refractivity contribution in [1.29, 1.82) is 0 Å². The molecule has 0 radical (unpaired) electrons. The zero-order chi connectivity index (χ0) is 19.9. The average Bonchev–Trinajstić information content (AvgIpc) is 2.80. The molecule has 0 aromatic carbocycles. The van der Waals surface area contributed by atoms with Crippen LogP contribution in [0.15, 0.2) is 36.8 Å². The van der Waals surface area contributed by atoms with Crippen LogP contribution in [0.3, 0.4) is 0 Å². The Hall–Kier alpha value is -2.94. The first-order valence-electron chi connectivity index (χ1n) is 10.1. The van der Waals surface area contributed by atoms with Gasteiger partial charge in [-0.2, -0.15) is 0 Å². The highest BCUT2D eigenvalue weighted by Gasteiger charge is 2.22. The SMILES string of the molecule is O=C(NCc1ccnc(N2CCOCC2)c1)NC1CCN(c2ncccn2)CC1. The number of nitrogens with zero attached hydrogens (tertiary/aromatic N) is 5. The van der Waals surface area contributed by atoms with Crippen LogP contribution >= 0.6 is 0 Å². The van der Waals surface area contributed by atoms with Gasteiger partial charge in [-0.3, -0.25) is 0 Å². The standard InChI is InChI=1S/C20H27N7O2/c28-20(25-17-3-8-27(9-4-17)19-22-5-1-6-23-19)24-15-16-2-7-21-18(14-16)26-10-12-29-13-11-26/h1-2,5-7,14,17H,3-4,8-13,15H2,(H2,24,25,28). The normalized spacial score (nSPS) is 17.8. The van der Waals surface area contributed by atoms with E-state index >= 15 is 0 Å². The molecule has 4 rings (SSSR count). The molecule has 2 aromatic rings. The summed E-state index contributed by atoms with van der Waals surface area (Å²) in [5, 5.41) is 6.04. The van der Waals surface area contributed by atoms with Crippen LogP contribution in [0.1, 0.15) is 18.4 Å². The Balaban J connectivity index is 1.21. The number of pyridine rings is 1. The fourth-order valence-corrected chi connectivity index (χ4v) is 3.63. The Labute approximate surface area is 170 Å². The highest BCUT2D eigenvalue weighted by molar-refractivity contribution is 5.74. The Morgan fingerprint density at radius 2 is 1.79 bits per heavy atom. The molecule has 2 N–H and O–H groups in total. The van der Waals surface area contributed by atoms with Crippen molar-refractivity contribution in [3.8, 4) is 0 Å². The molecule has 0 aliphatic carbocycles. The Kier molecular flexibility index (Phi) is 6.35. The first-order valence-corrected chi connectivity index (χ1v) is 10.1. The topological polar surface area (TPSA) is 95.5 Å². The summed E-state index contributed by atoms with van der Waals surface area (Å²) in [7, 11) is 0. The number of carbonyl (C=O) groups excluding carboxylic acids is 1. The van der Waals surface area contributed by atoms with Crippen molar-refractivity contribution in [3.63, 3.8) is 0 Å². The van der Waals surface area contributed by atoms with Gasteiger partial charge in [-0.15, -0.1) is 0 Å². The lowest BCUT2D eigenvalue weighted by atomic mass is 10.1. The van der Waals surface area contributed by atoms with Crippen molar-refractivity contribution in [2.24, 2.45) is 0 Å². The van der Waals surface area contributed by atoms with E-state index in [-0.39, 0.29) is 12.1 Å². The largest absolute Gasteiger partial charge is 0.378 e. The monoisotopic (exact) mass is 397 g/mol. The minimum Gasteiger partial charge on any atom is -0.378 e. The van der Waals surface area contributed by atoms with Crippen molar-refractivity contribution in [1.82, 2.24) is 25.6 Å². The molecule has 2 aliphatic rings. The summed E-state index contributed by atoms with van der Waals surface area (Å²) in [5.41, 5.74) is 1.03. The smallest absolute Gasteiger partial charge is 0.315 e. The van der Waals surface area contributed by atoms with Gasteiger partial charge in [0.2, 0.25) is 5.95 Å². The molecule has 9 heteroatoms. The molecular formula is C20H27N7O2. The number of nitrogens with one attached hydrogen (secondary N) is 2. The summed E-state index contributed by atoms with van der Waals surface area (Å²) < 4.78 is 5.39. The molecule has 2 aromatic heterocycles. The molecule has 0 saturated carbocycles. The van der Waals surface area contributed by atoms with Gasteiger partial charge in [0.05, 0.1) is 13.2 Å². The summed E-state index contributed by atoms with van der Waals surface area (Å²) >= 11 is 0. The molecular weight excluding hydrogens is 370 g/mol. The maximum absolute atomic E-state index is 12.3. The van der Waals surface area contributed by atoms with Crippen LogP contribution in [-0.2, 0) is 11.3 Å². The number of carbonyl (C=O) groups is 1. The number of urea groups is 1. The van der Waals surface area contributed by atoms with Crippen LogP contribution in [0.5, 0.6) is 0 Å². The summed E-state index contributed by atoms with van der Waals surface area (Å²) in [5.74, 6) is 1.69. The lowest BCUT2D eigenvalue weighted by Crippen LogP contribution is -2.48. The Morgan fingerprint density at radius 1 is 1.03 bits per heavy atom. The molecule has 2 amide bonds. The van der Waals surface area contributed by atoms with Gasteiger partial charge in [0, 0.05) is 57.4 Å². The predicted octanol–water partition coefficient (Wildman–Crippen LogP) is 1.18. The number of hydrogen-bond acceptors (Lipinski definition) is 7. The highest BCUT2D eigenvalue weighted by atomic mass is 16.5. The van der Waals surface area contributed by atoms with E-state index in [1.165, 1.54) is 0 Å². The van der Waals surface area contributed by atoms with E-state index in [4.69, 9.17) is 4.74 Å². The van der Waals surface area contributed by atoms with E-state index in [0.717, 1.165) is 69.6 Å². The van der Waals surface area contributed by atoms with Crippen molar-refractivity contribution in [2.75, 3.05) is 49.2 Å². The van der Waals surface area contributed by atoms with Gasteiger partial charge >= 0.3 is 6.03 Å². The van der Waals surface area contributed by atoms with Crippen LogP contribution in [0.4, 0.5) is 16.6 Å². The first-order chi connectivity index (χ1) is 14.3. The number of anilines is 2. The summed E-state index contributed by atoms with van der Waals surface area (Å²) in [6.07, 6.45) is 7.05. The van der Waals surface area contributed by atoms with Crippen molar-refractivity contribution < 1.29 is 9.53 Å². The third-order valence-corrected chi connectivity index (χ3v) is 5.26. The molecule has 0 bridgehead atoms. The molecule has 2 fully saturated rings. The number of piperidine rings is 1. The molecule has 2 aliphatic heterocycles. The van der Waals surface area contributed by atoms with Crippen LogP contribution in [-0.4, -0.2) is 66.4 Å². The van der Waals surface area contributed by atoms with Gasteiger partial charge in [0.15, 0.2) is 0 Å². The summed E-state index contributed by atoms with van der Waals surface area (Å²) in [4.78, 5) is 29.7. The Bertz CT molecular complexity index is 790. The lowest BCUT2D eigenvalue weighted by Gasteiger charge is -2.32. The quantitative estimate of drug-likeness (QED) is 0.782. The zero-order valence-corrected chi connectivity index (χ0v) is 16.5. The number of aromatic nitrogens is 3.